The molecule has 0 aliphatic rings. The molecule has 3 aromatic carbocycles. The van der Waals surface area contributed by atoms with Crippen LogP contribution in [0.2, 0.25) is 15.1 Å². The van der Waals surface area contributed by atoms with E-state index in [1.165, 1.54) is 18.2 Å². The molecule has 0 atom stereocenters. The Bertz CT molecular complexity index is 1180. The number of urea groups is 1. The molecule has 0 fully saturated rings. The fourth-order valence-corrected chi connectivity index (χ4v) is 3.46. The molecule has 0 spiro atoms. The molecule has 0 heterocycles. The van der Waals surface area contributed by atoms with Crippen LogP contribution in [0.25, 0.3) is 0 Å². The van der Waals surface area contributed by atoms with E-state index in [4.69, 9.17) is 39.5 Å². The number of hydrogen-bond acceptors (Lipinski definition) is 3. The Morgan fingerprint density at radius 3 is 2.39 bits per heavy atom. The average molecular weight is 482 g/mol. The molecule has 0 radical (unpaired) electrons. The fraction of sp³-hybridized carbons (Fsp3) is 0.0909. The van der Waals surface area contributed by atoms with Crippen LogP contribution in [0, 0.1) is 19.7 Å². The van der Waals surface area contributed by atoms with Gasteiger partial charge in [-0.05, 0) is 55.8 Å². The number of carbonyl (C=O) groups excluding carboxylic acids is 2. The molecule has 0 unspecified atom stereocenters. The van der Waals surface area contributed by atoms with Crippen molar-refractivity contribution in [3.63, 3.8) is 0 Å². The average Bonchev–Trinajstić information content (AvgIpc) is 2.70. The first-order valence-corrected chi connectivity index (χ1v) is 10.1. The van der Waals surface area contributed by atoms with Crippen molar-refractivity contribution < 1.29 is 18.7 Å². The molecule has 0 aliphatic carbocycles. The van der Waals surface area contributed by atoms with Crippen LogP contribution in [0.15, 0.2) is 48.5 Å². The van der Waals surface area contributed by atoms with E-state index in [1.54, 1.807) is 38.1 Å². The van der Waals surface area contributed by atoms with Crippen LogP contribution in [0.1, 0.15) is 21.5 Å². The molecule has 2 N–H and O–H groups in total. The number of ether oxygens (including phenoxy) is 1. The summed E-state index contributed by atoms with van der Waals surface area (Å²) in [7, 11) is 0. The highest BCUT2D eigenvalue weighted by Crippen LogP contribution is 2.40. The number of carbonyl (C=O) groups is 2. The van der Waals surface area contributed by atoms with E-state index in [0.717, 1.165) is 6.07 Å². The van der Waals surface area contributed by atoms with Gasteiger partial charge in [0, 0.05) is 10.6 Å². The number of anilines is 1. The predicted octanol–water partition coefficient (Wildman–Crippen LogP) is 7.16. The van der Waals surface area contributed by atoms with Gasteiger partial charge in [-0.15, -0.1) is 0 Å². The van der Waals surface area contributed by atoms with Crippen molar-refractivity contribution in [2.24, 2.45) is 0 Å². The molecular weight excluding hydrogens is 466 g/mol. The van der Waals surface area contributed by atoms with Crippen molar-refractivity contribution in [3.8, 4) is 11.5 Å². The molecule has 0 saturated heterocycles. The molecule has 160 valence electrons. The Balaban J connectivity index is 1.79. The van der Waals surface area contributed by atoms with E-state index in [1.807, 2.05) is 0 Å². The Labute approximate surface area is 193 Å². The summed E-state index contributed by atoms with van der Waals surface area (Å²) in [5.41, 5.74) is 1.21. The number of halogens is 4. The third-order valence-electron chi connectivity index (χ3n) is 4.32. The van der Waals surface area contributed by atoms with Crippen LogP contribution in [-0.2, 0) is 0 Å². The molecule has 3 rings (SSSR count). The van der Waals surface area contributed by atoms with Crippen molar-refractivity contribution in [2.45, 2.75) is 13.8 Å². The standard InChI is InChI=1S/C22H16Cl3FN2O3/c1-11-9-17(27-22(30)28-21(29)14-5-3-4-6-16(14)26)19(25)12(2)20(11)31-18-8-7-13(23)10-15(18)24/h3-10H,1-2H3,(H2,27,28,29,30). The lowest BCUT2D eigenvalue weighted by Crippen LogP contribution is -2.35. The van der Waals surface area contributed by atoms with Gasteiger partial charge in [0.2, 0.25) is 0 Å². The fourth-order valence-electron chi connectivity index (χ4n) is 2.83. The minimum absolute atomic E-state index is 0.208. The van der Waals surface area contributed by atoms with Gasteiger partial charge in [0.15, 0.2) is 0 Å². The number of hydrogen-bond donors (Lipinski definition) is 2. The van der Waals surface area contributed by atoms with Gasteiger partial charge in [-0.2, -0.15) is 0 Å². The maximum absolute atomic E-state index is 13.7. The van der Waals surface area contributed by atoms with Gasteiger partial charge in [0.1, 0.15) is 17.3 Å². The maximum Gasteiger partial charge on any atom is 0.326 e. The van der Waals surface area contributed by atoms with Crippen molar-refractivity contribution in [2.75, 3.05) is 5.32 Å². The highest BCUT2D eigenvalue weighted by atomic mass is 35.5. The Morgan fingerprint density at radius 2 is 1.71 bits per heavy atom. The minimum atomic E-state index is -0.877. The summed E-state index contributed by atoms with van der Waals surface area (Å²) >= 11 is 18.5. The lowest BCUT2D eigenvalue weighted by Gasteiger charge is -2.17. The highest BCUT2D eigenvalue weighted by Gasteiger charge is 2.19. The van der Waals surface area contributed by atoms with Crippen LogP contribution >= 0.6 is 34.8 Å². The normalized spacial score (nSPS) is 10.5. The summed E-state index contributed by atoms with van der Waals surface area (Å²) in [6, 6.07) is 10.9. The van der Waals surface area contributed by atoms with Crippen molar-refractivity contribution in [1.29, 1.82) is 0 Å². The van der Waals surface area contributed by atoms with Crippen LogP contribution in [0.3, 0.4) is 0 Å². The zero-order chi connectivity index (χ0) is 22.7. The first-order chi connectivity index (χ1) is 14.7. The second kappa shape index (κ2) is 9.56. The number of benzene rings is 3. The minimum Gasteiger partial charge on any atom is -0.455 e. The Morgan fingerprint density at radius 1 is 1.00 bits per heavy atom. The first-order valence-electron chi connectivity index (χ1n) is 8.97. The molecule has 3 aromatic rings. The second-order valence-electron chi connectivity index (χ2n) is 6.57. The smallest absolute Gasteiger partial charge is 0.326 e. The lowest BCUT2D eigenvalue weighted by atomic mass is 10.1. The number of imide groups is 1. The topological polar surface area (TPSA) is 67.4 Å². The van der Waals surface area contributed by atoms with Crippen molar-refractivity contribution in [3.05, 3.63) is 86.1 Å². The van der Waals surface area contributed by atoms with E-state index in [-0.39, 0.29) is 16.3 Å². The first kappa shape index (κ1) is 22.9. The van der Waals surface area contributed by atoms with E-state index < -0.39 is 17.8 Å². The summed E-state index contributed by atoms with van der Waals surface area (Å²) in [6.07, 6.45) is 0. The molecule has 31 heavy (non-hydrogen) atoms. The quantitative estimate of drug-likeness (QED) is 0.415. The van der Waals surface area contributed by atoms with Crippen molar-refractivity contribution >= 4 is 52.4 Å². The number of rotatable bonds is 4. The third-order valence-corrected chi connectivity index (χ3v) is 5.34. The molecular formula is C22H16Cl3FN2O3. The zero-order valence-corrected chi connectivity index (χ0v) is 18.6. The third kappa shape index (κ3) is 5.28. The summed E-state index contributed by atoms with van der Waals surface area (Å²) in [6.45, 7) is 3.47. The molecule has 0 bridgehead atoms. The maximum atomic E-state index is 13.7. The van der Waals surface area contributed by atoms with E-state index in [9.17, 15) is 14.0 Å². The van der Waals surface area contributed by atoms with Crippen LogP contribution in [0.5, 0.6) is 11.5 Å². The van der Waals surface area contributed by atoms with Crippen LogP contribution in [-0.4, -0.2) is 11.9 Å². The zero-order valence-electron chi connectivity index (χ0n) is 16.4. The Hall–Kier alpha value is -2.80. The van der Waals surface area contributed by atoms with Gasteiger partial charge in [-0.25, -0.2) is 9.18 Å². The van der Waals surface area contributed by atoms with E-state index in [0.29, 0.717) is 32.7 Å². The van der Waals surface area contributed by atoms with Gasteiger partial charge in [0.05, 0.1) is 21.3 Å². The highest BCUT2D eigenvalue weighted by molar-refractivity contribution is 6.36. The SMILES string of the molecule is Cc1cc(NC(=O)NC(=O)c2ccccc2F)c(Cl)c(C)c1Oc1ccc(Cl)cc1Cl. The Kier molecular flexibility index (Phi) is 7.05. The molecule has 5 nitrogen and oxygen atoms in total. The van der Waals surface area contributed by atoms with Gasteiger partial charge in [0.25, 0.3) is 5.91 Å². The van der Waals surface area contributed by atoms with Crippen LogP contribution < -0.4 is 15.4 Å². The number of aryl methyl sites for hydroxylation is 1. The van der Waals surface area contributed by atoms with Crippen molar-refractivity contribution in [1.82, 2.24) is 5.32 Å². The van der Waals surface area contributed by atoms with E-state index in [2.05, 4.69) is 10.6 Å². The van der Waals surface area contributed by atoms with Crippen LogP contribution in [0.4, 0.5) is 14.9 Å². The summed E-state index contributed by atoms with van der Waals surface area (Å²) in [4.78, 5) is 24.4. The number of nitrogens with one attached hydrogen (secondary N) is 2. The largest absolute Gasteiger partial charge is 0.455 e. The molecule has 0 aromatic heterocycles. The number of amides is 3. The van der Waals surface area contributed by atoms with Gasteiger partial charge in [-0.1, -0.05) is 46.9 Å². The van der Waals surface area contributed by atoms with Gasteiger partial charge in [-0.3, -0.25) is 10.1 Å². The van der Waals surface area contributed by atoms with Gasteiger partial charge < -0.3 is 10.1 Å². The molecule has 3 amide bonds. The predicted molar refractivity (Wildman–Crippen MR) is 120 cm³/mol. The van der Waals surface area contributed by atoms with E-state index >= 15 is 0 Å². The van der Waals surface area contributed by atoms with Gasteiger partial charge >= 0.3 is 6.03 Å². The summed E-state index contributed by atoms with van der Waals surface area (Å²) in [5.74, 6) is -0.762. The monoisotopic (exact) mass is 480 g/mol. The lowest BCUT2D eigenvalue weighted by molar-refractivity contribution is 0.0963. The summed E-state index contributed by atoms with van der Waals surface area (Å²) < 4.78 is 19.6. The summed E-state index contributed by atoms with van der Waals surface area (Å²) in [5, 5.41) is 5.58. The molecule has 0 saturated carbocycles. The molecule has 9 heteroatoms. The molecule has 0 aliphatic heterocycles. The second-order valence-corrected chi connectivity index (χ2v) is 7.80.